The van der Waals surface area contributed by atoms with Crippen LogP contribution in [-0.4, -0.2) is 47.9 Å². The first-order valence-corrected chi connectivity index (χ1v) is 14.2. The largest absolute Gasteiger partial charge is 0.411 e. The van der Waals surface area contributed by atoms with Gasteiger partial charge < -0.3 is 28.9 Å². The second-order valence-corrected chi connectivity index (χ2v) is 10.9. The lowest BCUT2D eigenvalue weighted by Gasteiger charge is -2.36. The molecule has 2 heterocycles. The van der Waals surface area contributed by atoms with Gasteiger partial charge in [0.05, 0.1) is 13.2 Å². The molecule has 0 radical (unpaired) electrons. The van der Waals surface area contributed by atoms with Gasteiger partial charge in [0.1, 0.15) is 29.6 Å². The van der Waals surface area contributed by atoms with E-state index < -0.39 is 36.0 Å². The molecule has 2 saturated heterocycles. The average molecular weight is 566 g/mol. The summed E-state index contributed by atoms with van der Waals surface area (Å²) in [6, 6.07) is 40.0. The van der Waals surface area contributed by atoms with E-state index in [4.69, 9.17) is 23.7 Å². The van der Waals surface area contributed by atoms with Gasteiger partial charge >= 0.3 is 0 Å². The molecule has 2 aliphatic rings. The zero-order valence-electron chi connectivity index (χ0n) is 23.7. The van der Waals surface area contributed by atoms with Gasteiger partial charge in [-0.25, -0.2) is 0 Å². The van der Waals surface area contributed by atoms with Crippen LogP contribution in [0.4, 0.5) is 0 Å². The molecule has 0 saturated carbocycles. The molecule has 7 nitrogen and oxygen atoms in total. The predicted octanol–water partition coefficient (Wildman–Crippen LogP) is 6.29. The lowest BCUT2D eigenvalue weighted by molar-refractivity contribution is -0.229. The molecule has 4 atom stereocenters. The van der Waals surface area contributed by atoms with E-state index >= 15 is 0 Å². The maximum atomic E-state index is 10.3. The Morgan fingerprint density at radius 3 is 1.71 bits per heavy atom. The first kappa shape index (κ1) is 28.3. The Morgan fingerprint density at radius 2 is 1.21 bits per heavy atom. The van der Waals surface area contributed by atoms with Crippen LogP contribution in [0, 0.1) is 0 Å². The molecule has 0 amide bonds. The number of fused-ring (bicyclic) bond motifs is 1. The molecular formula is C35H35NO6. The topological polar surface area (TPSA) is 78.7 Å². The fraction of sp³-hybridized carbons (Fsp3) is 0.286. The van der Waals surface area contributed by atoms with Crippen molar-refractivity contribution in [3.05, 3.63) is 144 Å². The van der Waals surface area contributed by atoms with Crippen LogP contribution in [0.2, 0.25) is 0 Å². The SMILES string of the molecule is CC1(C)OC2[C@H](/C(COC(c3ccccc3)(c3ccccc3)c3ccccc3)=N/O)O[C@@H](OCc3ccccc3)[C@H]2O1. The molecule has 0 spiro atoms. The Bertz CT molecular complexity index is 1370. The summed E-state index contributed by atoms with van der Waals surface area (Å²) in [7, 11) is 0. The second kappa shape index (κ2) is 12.2. The van der Waals surface area contributed by atoms with Crippen LogP contribution in [0.15, 0.2) is 126 Å². The molecule has 2 fully saturated rings. The molecule has 0 aliphatic carbocycles. The molecule has 42 heavy (non-hydrogen) atoms. The van der Waals surface area contributed by atoms with Crippen LogP contribution in [0.1, 0.15) is 36.1 Å². The van der Waals surface area contributed by atoms with Crippen LogP contribution in [-0.2, 0) is 35.9 Å². The summed E-state index contributed by atoms with van der Waals surface area (Å²) in [6.45, 7) is 4.01. The Balaban J connectivity index is 1.31. The molecule has 7 heteroatoms. The monoisotopic (exact) mass is 565 g/mol. The van der Waals surface area contributed by atoms with E-state index in [9.17, 15) is 5.21 Å². The number of benzene rings is 4. The lowest BCUT2D eigenvalue weighted by Crippen LogP contribution is -2.41. The molecular weight excluding hydrogens is 530 g/mol. The maximum absolute atomic E-state index is 10.3. The second-order valence-electron chi connectivity index (χ2n) is 10.9. The molecule has 1 N–H and O–H groups in total. The van der Waals surface area contributed by atoms with Gasteiger partial charge in [-0.2, -0.15) is 0 Å². The zero-order valence-corrected chi connectivity index (χ0v) is 23.7. The first-order valence-electron chi connectivity index (χ1n) is 14.2. The highest BCUT2D eigenvalue weighted by atomic mass is 16.8. The minimum absolute atomic E-state index is 0.0434. The molecule has 0 bridgehead atoms. The fourth-order valence-electron chi connectivity index (χ4n) is 5.83. The smallest absolute Gasteiger partial charge is 0.187 e. The molecule has 216 valence electrons. The van der Waals surface area contributed by atoms with Crippen LogP contribution in [0.5, 0.6) is 0 Å². The predicted molar refractivity (Wildman–Crippen MR) is 158 cm³/mol. The molecule has 2 aliphatic heterocycles. The molecule has 4 aromatic carbocycles. The Kier molecular flexibility index (Phi) is 8.20. The normalized spacial score (nSPS) is 23.5. The highest BCUT2D eigenvalue weighted by molar-refractivity contribution is 5.90. The van der Waals surface area contributed by atoms with E-state index in [1.165, 1.54) is 0 Å². The van der Waals surface area contributed by atoms with E-state index in [0.29, 0.717) is 6.61 Å². The van der Waals surface area contributed by atoms with E-state index in [2.05, 4.69) is 5.16 Å². The van der Waals surface area contributed by atoms with Gasteiger partial charge in [-0.05, 0) is 36.1 Å². The summed E-state index contributed by atoms with van der Waals surface area (Å²) in [5.41, 5.74) is 3.12. The van der Waals surface area contributed by atoms with Gasteiger partial charge in [-0.15, -0.1) is 0 Å². The average Bonchev–Trinajstić information content (AvgIpc) is 3.53. The first-order chi connectivity index (χ1) is 20.5. The van der Waals surface area contributed by atoms with Gasteiger partial charge in [-0.3, -0.25) is 0 Å². The molecule has 1 unspecified atom stereocenters. The number of nitrogens with zero attached hydrogens (tertiary/aromatic N) is 1. The third-order valence-electron chi connectivity index (χ3n) is 7.70. The van der Waals surface area contributed by atoms with Gasteiger partial charge in [0.25, 0.3) is 0 Å². The van der Waals surface area contributed by atoms with Crippen molar-refractivity contribution < 1.29 is 28.9 Å². The summed E-state index contributed by atoms with van der Waals surface area (Å²) >= 11 is 0. The Hall–Kier alpha value is -3.85. The summed E-state index contributed by atoms with van der Waals surface area (Å²) in [6.07, 6.45) is -2.52. The fourth-order valence-corrected chi connectivity index (χ4v) is 5.83. The van der Waals surface area contributed by atoms with Crippen molar-refractivity contribution in [2.75, 3.05) is 6.61 Å². The Labute approximate surface area is 246 Å². The summed E-state index contributed by atoms with van der Waals surface area (Å²) in [4.78, 5) is 0. The van der Waals surface area contributed by atoms with Crippen LogP contribution in [0.25, 0.3) is 0 Å². The minimum Gasteiger partial charge on any atom is -0.411 e. The van der Waals surface area contributed by atoms with Crippen LogP contribution >= 0.6 is 0 Å². The number of oxime groups is 1. The summed E-state index contributed by atoms with van der Waals surface area (Å²) in [5, 5.41) is 14.0. The van der Waals surface area contributed by atoms with Crippen molar-refractivity contribution in [3.8, 4) is 0 Å². The minimum atomic E-state index is -0.993. The van der Waals surface area contributed by atoms with Crippen molar-refractivity contribution in [1.82, 2.24) is 0 Å². The highest BCUT2D eigenvalue weighted by Crippen LogP contribution is 2.42. The highest BCUT2D eigenvalue weighted by Gasteiger charge is 2.57. The van der Waals surface area contributed by atoms with Crippen LogP contribution in [0.3, 0.4) is 0 Å². The van der Waals surface area contributed by atoms with Gasteiger partial charge in [0, 0.05) is 0 Å². The quantitative estimate of drug-likeness (QED) is 0.105. The third-order valence-corrected chi connectivity index (χ3v) is 7.70. The van der Waals surface area contributed by atoms with Crippen molar-refractivity contribution in [2.24, 2.45) is 5.16 Å². The van der Waals surface area contributed by atoms with Crippen molar-refractivity contribution in [3.63, 3.8) is 0 Å². The van der Waals surface area contributed by atoms with Crippen LogP contribution < -0.4 is 0 Å². The lowest BCUT2D eigenvalue weighted by atomic mass is 9.80. The summed E-state index contributed by atoms with van der Waals surface area (Å²) in [5.74, 6) is -0.852. The van der Waals surface area contributed by atoms with E-state index in [0.717, 1.165) is 22.3 Å². The van der Waals surface area contributed by atoms with Gasteiger partial charge in [-0.1, -0.05) is 126 Å². The van der Waals surface area contributed by atoms with E-state index in [-0.39, 0.29) is 12.3 Å². The summed E-state index contributed by atoms with van der Waals surface area (Å²) < 4.78 is 31.9. The van der Waals surface area contributed by atoms with E-state index in [1.807, 2.05) is 135 Å². The number of hydrogen-bond acceptors (Lipinski definition) is 7. The number of hydrogen-bond donors (Lipinski definition) is 1. The maximum Gasteiger partial charge on any atom is 0.187 e. The van der Waals surface area contributed by atoms with Gasteiger partial charge in [0.2, 0.25) is 0 Å². The van der Waals surface area contributed by atoms with E-state index in [1.54, 1.807) is 0 Å². The van der Waals surface area contributed by atoms with Gasteiger partial charge in [0.15, 0.2) is 12.1 Å². The Morgan fingerprint density at radius 1 is 0.738 bits per heavy atom. The molecule has 4 aromatic rings. The molecule has 6 rings (SSSR count). The standard InChI is InChI=1S/C35H35NO6/c1-34(2)41-31-30(40-33(32(31)42-34)38-23-25-15-7-3-8-16-25)29(36-37)24-39-35(26-17-9-4-10-18-26,27-19-11-5-12-20-27)28-21-13-6-14-22-28/h3-22,30-33,37H,23-24H2,1-2H3/b36-29+/t30-,31?,32-,33+/m0/s1. The number of rotatable bonds is 10. The van der Waals surface area contributed by atoms with Crippen molar-refractivity contribution in [1.29, 1.82) is 0 Å². The zero-order chi connectivity index (χ0) is 29.0. The van der Waals surface area contributed by atoms with Crippen molar-refractivity contribution >= 4 is 5.71 Å². The molecule has 0 aromatic heterocycles. The third kappa shape index (κ3) is 5.62. The van der Waals surface area contributed by atoms with Crippen molar-refractivity contribution in [2.45, 2.75) is 56.4 Å². The number of ether oxygens (including phenoxy) is 5.